The zero-order valence-electron chi connectivity index (χ0n) is 7.52. The third-order valence-electron chi connectivity index (χ3n) is 1.48. The van der Waals surface area contributed by atoms with Crippen molar-refractivity contribution in [3.05, 3.63) is 12.3 Å². The van der Waals surface area contributed by atoms with Crippen molar-refractivity contribution in [1.82, 2.24) is 9.80 Å². The van der Waals surface area contributed by atoms with Gasteiger partial charge in [-0.15, -0.1) is 0 Å². The fourth-order valence-corrected chi connectivity index (χ4v) is 0.576. The zero-order chi connectivity index (χ0) is 8.15. The van der Waals surface area contributed by atoms with Gasteiger partial charge in [-0.1, -0.05) is 6.58 Å². The summed E-state index contributed by atoms with van der Waals surface area (Å²) in [5, 5.41) is 0. The minimum atomic E-state index is 1.06. The fourth-order valence-electron chi connectivity index (χ4n) is 0.576. The van der Waals surface area contributed by atoms with E-state index in [1.807, 2.05) is 14.1 Å². The van der Waals surface area contributed by atoms with Crippen LogP contribution in [0, 0.1) is 0 Å². The maximum atomic E-state index is 3.93. The molecular weight excluding hydrogens is 124 g/mol. The van der Waals surface area contributed by atoms with Gasteiger partial charge in [0, 0.05) is 26.3 Å². The minimum Gasteiger partial charge on any atom is -0.381 e. The molecule has 0 aliphatic heterocycles. The Balaban J connectivity index is 3.40. The monoisotopic (exact) mass is 142 g/mol. The highest BCUT2D eigenvalue weighted by atomic mass is 15.1. The highest BCUT2D eigenvalue weighted by Gasteiger charge is 1.96. The van der Waals surface area contributed by atoms with E-state index in [-0.39, 0.29) is 0 Å². The van der Waals surface area contributed by atoms with Crippen molar-refractivity contribution in [2.75, 3.05) is 34.7 Å². The van der Waals surface area contributed by atoms with Crippen LogP contribution in [-0.4, -0.2) is 44.5 Å². The number of nitrogens with zero attached hydrogens (tertiary/aromatic N) is 2. The molecule has 0 radical (unpaired) electrons. The number of hydrogen-bond donors (Lipinski definition) is 0. The smallest absolute Gasteiger partial charge is 0.00673 e. The predicted molar refractivity (Wildman–Crippen MR) is 46.0 cm³/mol. The molecule has 0 rings (SSSR count). The second-order valence-electron chi connectivity index (χ2n) is 3.01. The molecular formula is C8H18N2. The Morgan fingerprint density at radius 1 is 1.20 bits per heavy atom. The van der Waals surface area contributed by atoms with Crippen LogP contribution in [0.4, 0.5) is 0 Å². The average molecular weight is 142 g/mol. The molecule has 2 nitrogen and oxygen atoms in total. The number of rotatable bonds is 4. The lowest BCUT2D eigenvalue weighted by atomic mass is 10.3. The van der Waals surface area contributed by atoms with E-state index in [1.54, 1.807) is 0 Å². The van der Waals surface area contributed by atoms with Crippen molar-refractivity contribution < 1.29 is 0 Å². The molecule has 2 heteroatoms. The van der Waals surface area contributed by atoms with Crippen molar-refractivity contribution in [1.29, 1.82) is 0 Å². The Labute approximate surface area is 64.1 Å². The molecule has 10 heavy (non-hydrogen) atoms. The molecule has 0 atom stereocenters. The van der Waals surface area contributed by atoms with E-state index in [0.717, 1.165) is 13.0 Å². The molecule has 0 saturated carbocycles. The molecule has 0 aromatic rings. The lowest BCUT2D eigenvalue weighted by Gasteiger charge is -2.17. The van der Waals surface area contributed by atoms with E-state index in [9.17, 15) is 0 Å². The summed E-state index contributed by atoms with van der Waals surface area (Å²) in [5.74, 6) is 0. The van der Waals surface area contributed by atoms with E-state index < -0.39 is 0 Å². The van der Waals surface area contributed by atoms with Gasteiger partial charge < -0.3 is 9.80 Å². The standard InChI is InChI=1S/C8H18N2/c1-8(10(4)5)6-7-9(2)3/h1,6-7H2,2-5H3. The van der Waals surface area contributed by atoms with Crippen LogP contribution < -0.4 is 0 Å². The molecule has 0 aromatic heterocycles. The van der Waals surface area contributed by atoms with E-state index in [1.165, 1.54) is 5.70 Å². The molecule has 0 fully saturated rings. The van der Waals surface area contributed by atoms with Gasteiger partial charge in [-0.3, -0.25) is 0 Å². The summed E-state index contributed by atoms with van der Waals surface area (Å²) in [6.07, 6.45) is 1.06. The molecule has 60 valence electrons. The Morgan fingerprint density at radius 3 is 2.00 bits per heavy atom. The third-order valence-corrected chi connectivity index (χ3v) is 1.48. The summed E-state index contributed by atoms with van der Waals surface area (Å²) < 4.78 is 0. The first-order valence-electron chi connectivity index (χ1n) is 3.54. The summed E-state index contributed by atoms with van der Waals surface area (Å²) in [5.41, 5.74) is 1.19. The van der Waals surface area contributed by atoms with Gasteiger partial charge in [0.25, 0.3) is 0 Å². The van der Waals surface area contributed by atoms with Crippen molar-refractivity contribution in [3.8, 4) is 0 Å². The molecule has 0 N–H and O–H groups in total. The van der Waals surface area contributed by atoms with Gasteiger partial charge in [0.05, 0.1) is 0 Å². The van der Waals surface area contributed by atoms with Crippen LogP contribution in [0.5, 0.6) is 0 Å². The summed E-state index contributed by atoms with van der Waals surface area (Å²) >= 11 is 0. The van der Waals surface area contributed by atoms with E-state index in [0.29, 0.717) is 0 Å². The van der Waals surface area contributed by atoms with Gasteiger partial charge in [0.15, 0.2) is 0 Å². The summed E-state index contributed by atoms with van der Waals surface area (Å²) in [7, 11) is 8.20. The van der Waals surface area contributed by atoms with Crippen molar-refractivity contribution in [2.24, 2.45) is 0 Å². The SMILES string of the molecule is C=C(CCN(C)C)N(C)C. The van der Waals surface area contributed by atoms with Gasteiger partial charge in [-0.25, -0.2) is 0 Å². The van der Waals surface area contributed by atoms with Gasteiger partial charge in [-0.2, -0.15) is 0 Å². The van der Waals surface area contributed by atoms with E-state index >= 15 is 0 Å². The predicted octanol–water partition coefficient (Wildman–Crippen LogP) is 1.01. The topological polar surface area (TPSA) is 6.48 Å². The molecule has 0 aliphatic carbocycles. The Kier molecular flexibility index (Phi) is 4.12. The fraction of sp³-hybridized carbons (Fsp3) is 0.750. The second kappa shape index (κ2) is 4.34. The van der Waals surface area contributed by atoms with Crippen LogP contribution in [-0.2, 0) is 0 Å². The molecule has 0 spiro atoms. The Bertz CT molecular complexity index is 106. The normalized spacial score (nSPS) is 10.1. The van der Waals surface area contributed by atoms with Crippen LogP contribution >= 0.6 is 0 Å². The maximum absolute atomic E-state index is 3.93. The van der Waals surface area contributed by atoms with Crippen LogP contribution in [0.2, 0.25) is 0 Å². The summed E-state index contributed by atoms with van der Waals surface area (Å²) in [6, 6.07) is 0. The first-order valence-corrected chi connectivity index (χ1v) is 3.54. The van der Waals surface area contributed by atoms with Gasteiger partial charge in [0.1, 0.15) is 0 Å². The first-order chi connectivity index (χ1) is 4.54. The zero-order valence-corrected chi connectivity index (χ0v) is 7.52. The highest BCUT2D eigenvalue weighted by molar-refractivity contribution is 4.90. The average Bonchev–Trinajstić information content (AvgIpc) is 1.82. The Morgan fingerprint density at radius 2 is 1.70 bits per heavy atom. The largest absolute Gasteiger partial charge is 0.381 e. The molecule has 0 amide bonds. The lowest BCUT2D eigenvalue weighted by Crippen LogP contribution is -2.18. The summed E-state index contributed by atoms with van der Waals surface area (Å²) in [6.45, 7) is 5.01. The highest BCUT2D eigenvalue weighted by Crippen LogP contribution is 2.00. The number of hydrogen-bond acceptors (Lipinski definition) is 2. The molecule has 0 aromatic carbocycles. The second-order valence-corrected chi connectivity index (χ2v) is 3.01. The van der Waals surface area contributed by atoms with Gasteiger partial charge >= 0.3 is 0 Å². The van der Waals surface area contributed by atoms with Gasteiger partial charge in [0.2, 0.25) is 0 Å². The summed E-state index contributed by atoms with van der Waals surface area (Å²) in [4.78, 5) is 4.22. The molecule has 0 heterocycles. The lowest BCUT2D eigenvalue weighted by molar-refractivity contribution is 0.385. The maximum Gasteiger partial charge on any atom is 0.00673 e. The van der Waals surface area contributed by atoms with Crippen LogP contribution in [0.25, 0.3) is 0 Å². The van der Waals surface area contributed by atoms with Crippen LogP contribution in [0.1, 0.15) is 6.42 Å². The van der Waals surface area contributed by atoms with Crippen molar-refractivity contribution in [3.63, 3.8) is 0 Å². The van der Waals surface area contributed by atoms with Crippen molar-refractivity contribution in [2.45, 2.75) is 6.42 Å². The van der Waals surface area contributed by atoms with Crippen LogP contribution in [0.15, 0.2) is 12.3 Å². The first kappa shape index (κ1) is 9.50. The Hall–Kier alpha value is -0.500. The molecule has 0 saturated heterocycles. The molecule has 0 aliphatic rings. The minimum absolute atomic E-state index is 1.06. The van der Waals surface area contributed by atoms with Gasteiger partial charge in [-0.05, 0) is 20.5 Å². The van der Waals surface area contributed by atoms with E-state index in [4.69, 9.17) is 0 Å². The molecule has 0 unspecified atom stereocenters. The molecule has 0 bridgehead atoms. The van der Waals surface area contributed by atoms with Crippen molar-refractivity contribution >= 4 is 0 Å². The van der Waals surface area contributed by atoms with E-state index in [2.05, 4.69) is 30.5 Å². The van der Waals surface area contributed by atoms with Crippen LogP contribution in [0.3, 0.4) is 0 Å². The third kappa shape index (κ3) is 4.39. The quantitative estimate of drug-likeness (QED) is 0.578.